The molecular formula is C12H12OS. The van der Waals surface area contributed by atoms with Crippen molar-refractivity contribution in [1.29, 1.82) is 0 Å². The first kappa shape index (κ1) is 9.44. The zero-order chi connectivity index (χ0) is 9.80. The smallest absolute Gasteiger partial charge is 0.0922 e. The Labute approximate surface area is 87.7 Å². The molecule has 72 valence electrons. The lowest BCUT2D eigenvalue weighted by molar-refractivity contribution is 0.182. The van der Waals surface area contributed by atoms with Gasteiger partial charge in [0.05, 0.1) is 6.10 Å². The Bertz CT molecular complexity index is 366. The van der Waals surface area contributed by atoms with Gasteiger partial charge in [-0.2, -0.15) is 0 Å². The second-order valence-electron chi connectivity index (χ2n) is 3.22. The third kappa shape index (κ3) is 2.22. The Morgan fingerprint density at radius 2 is 1.86 bits per heavy atom. The summed E-state index contributed by atoms with van der Waals surface area (Å²) in [6.07, 6.45) is 0.332. The summed E-state index contributed by atoms with van der Waals surface area (Å²) in [7, 11) is 0. The molecule has 0 amide bonds. The Morgan fingerprint density at radius 1 is 1.07 bits per heavy atom. The number of benzene rings is 1. The van der Waals surface area contributed by atoms with Gasteiger partial charge in [-0.25, -0.2) is 0 Å². The average Bonchev–Trinajstić information content (AvgIpc) is 2.72. The van der Waals surface area contributed by atoms with E-state index in [1.54, 1.807) is 11.3 Å². The van der Waals surface area contributed by atoms with E-state index in [-0.39, 0.29) is 6.10 Å². The molecule has 0 aliphatic rings. The van der Waals surface area contributed by atoms with E-state index >= 15 is 0 Å². The quantitative estimate of drug-likeness (QED) is 0.814. The predicted molar refractivity (Wildman–Crippen MR) is 59.4 cm³/mol. The van der Waals surface area contributed by atoms with Crippen LogP contribution in [0.1, 0.15) is 16.5 Å². The molecule has 0 radical (unpaired) electrons. The molecular weight excluding hydrogens is 192 g/mol. The minimum Gasteiger partial charge on any atom is -0.387 e. The van der Waals surface area contributed by atoms with E-state index in [1.807, 2.05) is 47.8 Å². The van der Waals surface area contributed by atoms with Gasteiger partial charge in [-0.1, -0.05) is 36.4 Å². The van der Waals surface area contributed by atoms with Crippen molar-refractivity contribution in [3.8, 4) is 0 Å². The van der Waals surface area contributed by atoms with E-state index in [4.69, 9.17) is 0 Å². The highest BCUT2D eigenvalue weighted by Crippen LogP contribution is 2.22. The third-order valence-electron chi connectivity index (χ3n) is 2.14. The Morgan fingerprint density at radius 3 is 2.50 bits per heavy atom. The molecule has 1 N–H and O–H groups in total. The Balaban J connectivity index is 2.06. The number of hydrogen-bond acceptors (Lipinski definition) is 2. The van der Waals surface area contributed by atoms with Crippen LogP contribution < -0.4 is 0 Å². The zero-order valence-corrected chi connectivity index (χ0v) is 8.58. The monoisotopic (exact) mass is 204 g/mol. The van der Waals surface area contributed by atoms with Crippen molar-refractivity contribution in [2.45, 2.75) is 12.5 Å². The molecule has 1 nitrogen and oxygen atoms in total. The van der Waals surface area contributed by atoms with Crippen molar-refractivity contribution in [1.82, 2.24) is 0 Å². The fourth-order valence-electron chi connectivity index (χ4n) is 1.42. The van der Waals surface area contributed by atoms with Crippen LogP contribution in [0.4, 0.5) is 0 Å². The summed E-state index contributed by atoms with van der Waals surface area (Å²) in [6.45, 7) is 0. The summed E-state index contributed by atoms with van der Waals surface area (Å²) in [6, 6.07) is 14.0. The highest BCUT2D eigenvalue weighted by atomic mass is 32.1. The third-order valence-corrected chi connectivity index (χ3v) is 3.12. The van der Waals surface area contributed by atoms with Gasteiger partial charge in [-0.05, 0) is 17.0 Å². The lowest BCUT2D eigenvalue weighted by atomic mass is 10.1. The number of aliphatic hydroxyl groups excluding tert-OH is 1. The van der Waals surface area contributed by atoms with Crippen LogP contribution in [-0.4, -0.2) is 5.11 Å². The van der Waals surface area contributed by atoms with Crippen LogP contribution in [-0.2, 0) is 6.42 Å². The maximum atomic E-state index is 9.87. The van der Waals surface area contributed by atoms with Crippen LogP contribution in [0.2, 0.25) is 0 Å². The van der Waals surface area contributed by atoms with Gasteiger partial charge in [0.25, 0.3) is 0 Å². The van der Waals surface area contributed by atoms with Crippen LogP contribution in [0, 0.1) is 0 Å². The molecule has 0 saturated heterocycles. The van der Waals surface area contributed by atoms with Crippen molar-refractivity contribution in [3.05, 3.63) is 58.3 Å². The maximum absolute atomic E-state index is 9.87. The minimum absolute atomic E-state index is 0.364. The molecule has 0 spiro atoms. The van der Waals surface area contributed by atoms with Gasteiger partial charge in [-0.15, -0.1) is 11.3 Å². The zero-order valence-electron chi connectivity index (χ0n) is 7.76. The van der Waals surface area contributed by atoms with E-state index in [0.717, 1.165) is 4.88 Å². The second kappa shape index (κ2) is 4.40. The fourth-order valence-corrected chi connectivity index (χ4v) is 2.13. The van der Waals surface area contributed by atoms with Crippen molar-refractivity contribution in [2.24, 2.45) is 0 Å². The van der Waals surface area contributed by atoms with Crippen molar-refractivity contribution < 1.29 is 5.11 Å². The molecule has 0 bridgehead atoms. The summed E-state index contributed by atoms with van der Waals surface area (Å²) in [4.78, 5) is 1.04. The second-order valence-corrected chi connectivity index (χ2v) is 4.20. The van der Waals surface area contributed by atoms with Gasteiger partial charge in [0.1, 0.15) is 0 Å². The van der Waals surface area contributed by atoms with Gasteiger partial charge >= 0.3 is 0 Å². The molecule has 0 unspecified atom stereocenters. The maximum Gasteiger partial charge on any atom is 0.0922 e. The molecule has 0 fully saturated rings. The van der Waals surface area contributed by atoms with Crippen LogP contribution in [0.25, 0.3) is 0 Å². The lowest BCUT2D eigenvalue weighted by Gasteiger charge is -2.07. The number of aliphatic hydroxyl groups is 1. The van der Waals surface area contributed by atoms with E-state index in [9.17, 15) is 5.11 Å². The standard InChI is InChI=1S/C12H12OS/c13-11(12-7-4-8-14-12)9-10-5-2-1-3-6-10/h1-8,11,13H,9H2/t11-/m1/s1. The summed E-state index contributed by atoms with van der Waals surface area (Å²) in [5.41, 5.74) is 1.17. The summed E-state index contributed by atoms with van der Waals surface area (Å²) < 4.78 is 0. The Kier molecular flexibility index (Phi) is 2.96. The van der Waals surface area contributed by atoms with Crippen LogP contribution >= 0.6 is 11.3 Å². The van der Waals surface area contributed by atoms with Crippen molar-refractivity contribution in [3.63, 3.8) is 0 Å². The molecule has 0 aliphatic carbocycles. The van der Waals surface area contributed by atoms with Crippen molar-refractivity contribution >= 4 is 11.3 Å². The topological polar surface area (TPSA) is 20.2 Å². The first-order chi connectivity index (χ1) is 6.86. The normalized spacial score (nSPS) is 12.6. The van der Waals surface area contributed by atoms with Gasteiger partial charge in [0, 0.05) is 11.3 Å². The molecule has 2 heteroatoms. The Hall–Kier alpha value is -1.12. The minimum atomic E-state index is -0.364. The van der Waals surface area contributed by atoms with E-state index in [0.29, 0.717) is 6.42 Å². The molecule has 1 atom stereocenters. The number of hydrogen-bond donors (Lipinski definition) is 1. The SMILES string of the molecule is O[C@H](Cc1ccccc1)c1cccs1. The van der Waals surface area contributed by atoms with Gasteiger partial charge in [0.2, 0.25) is 0 Å². The summed E-state index contributed by atoms with van der Waals surface area (Å²) in [5.74, 6) is 0. The predicted octanol–water partition coefficient (Wildman–Crippen LogP) is 3.02. The molecule has 1 aromatic heterocycles. The highest BCUT2D eigenvalue weighted by molar-refractivity contribution is 7.10. The molecule has 14 heavy (non-hydrogen) atoms. The molecule has 1 heterocycles. The van der Waals surface area contributed by atoms with E-state index in [1.165, 1.54) is 5.56 Å². The average molecular weight is 204 g/mol. The largest absolute Gasteiger partial charge is 0.387 e. The molecule has 0 aliphatic heterocycles. The highest BCUT2D eigenvalue weighted by Gasteiger charge is 2.08. The van der Waals surface area contributed by atoms with E-state index in [2.05, 4.69) is 0 Å². The van der Waals surface area contributed by atoms with Gasteiger partial charge < -0.3 is 5.11 Å². The molecule has 1 aromatic carbocycles. The fraction of sp³-hybridized carbons (Fsp3) is 0.167. The van der Waals surface area contributed by atoms with Crippen molar-refractivity contribution in [2.75, 3.05) is 0 Å². The van der Waals surface area contributed by atoms with Gasteiger partial charge in [-0.3, -0.25) is 0 Å². The lowest BCUT2D eigenvalue weighted by Crippen LogP contribution is -1.98. The number of thiophene rings is 1. The molecule has 0 saturated carbocycles. The van der Waals surface area contributed by atoms with Crippen LogP contribution in [0.3, 0.4) is 0 Å². The molecule has 2 aromatic rings. The summed E-state index contributed by atoms with van der Waals surface area (Å²) >= 11 is 1.60. The van der Waals surface area contributed by atoms with Crippen LogP contribution in [0.15, 0.2) is 47.8 Å². The summed E-state index contributed by atoms with van der Waals surface area (Å²) in [5, 5.41) is 11.9. The molecule has 2 rings (SSSR count). The van der Waals surface area contributed by atoms with E-state index < -0.39 is 0 Å². The first-order valence-corrected chi connectivity index (χ1v) is 5.49. The van der Waals surface area contributed by atoms with Gasteiger partial charge in [0.15, 0.2) is 0 Å². The van der Waals surface area contributed by atoms with Crippen LogP contribution in [0.5, 0.6) is 0 Å². The first-order valence-electron chi connectivity index (χ1n) is 4.61. The number of rotatable bonds is 3.